The van der Waals surface area contributed by atoms with Gasteiger partial charge < -0.3 is 5.32 Å². The number of carbonyl (C=O) groups excluding carboxylic acids is 1. The summed E-state index contributed by atoms with van der Waals surface area (Å²) in [6.45, 7) is 4.69. The van der Waals surface area contributed by atoms with Crippen LogP contribution in [-0.4, -0.2) is 30.4 Å². The number of amides is 1. The van der Waals surface area contributed by atoms with Crippen molar-refractivity contribution in [3.63, 3.8) is 0 Å². The molecule has 0 aliphatic carbocycles. The van der Waals surface area contributed by atoms with Gasteiger partial charge in [0.25, 0.3) is 0 Å². The molecule has 1 saturated heterocycles. The number of nitrogens with one attached hydrogen (secondary N) is 1. The second-order valence-corrected chi connectivity index (χ2v) is 7.10. The Labute approximate surface area is 155 Å². The fourth-order valence-electron chi connectivity index (χ4n) is 3.51. The lowest BCUT2D eigenvalue weighted by Crippen LogP contribution is -2.36. The van der Waals surface area contributed by atoms with Crippen molar-refractivity contribution in [2.45, 2.75) is 38.6 Å². The minimum Gasteiger partial charge on any atom is -0.354 e. The maximum Gasteiger partial charge on any atom is 0.220 e. The molecule has 26 heavy (non-hydrogen) atoms. The number of rotatable bonds is 7. The molecule has 0 spiro atoms. The number of halogens is 1. The zero-order valence-electron chi connectivity index (χ0n) is 15.4. The van der Waals surface area contributed by atoms with Gasteiger partial charge >= 0.3 is 0 Å². The van der Waals surface area contributed by atoms with Crippen LogP contribution < -0.4 is 5.32 Å². The third-order valence-corrected chi connectivity index (χ3v) is 5.09. The molecule has 1 aliphatic rings. The molecule has 0 aromatic heterocycles. The smallest absolute Gasteiger partial charge is 0.220 e. The van der Waals surface area contributed by atoms with Gasteiger partial charge in [0, 0.05) is 13.0 Å². The van der Waals surface area contributed by atoms with E-state index in [1.807, 2.05) is 12.1 Å². The summed E-state index contributed by atoms with van der Waals surface area (Å²) in [7, 11) is 0. The van der Waals surface area contributed by atoms with E-state index in [-0.39, 0.29) is 17.8 Å². The highest BCUT2D eigenvalue weighted by Crippen LogP contribution is 2.24. The molecule has 1 amide bonds. The molecule has 1 aliphatic heterocycles. The summed E-state index contributed by atoms with van der Waals surface area (Å²) in [6.07, 6.45) is 3.59. The average Bonchev–Trinajstić information content (AvgIpc) is 3.17. The largest absolute Gasteiger partial charge is 0.354 e. The number of aryl methyl sites for hydroxylation is 2. The number of hydrogen-bond acceptors (Lipinski definition) is 2. The standard InChI is InChI=1S/C22H27FN2O/c1-17-4-6-18(7-5-17)8-13-22(26)24-16-21(25-14-2-3-15-25)19-9-11-20(23)12-10-19/h4-7,9-12,21H,2-3,8,13-16H2,1H3,(H,24,26). The molecule has 0 radical (unpaired) electrons. The predicted octanol–water partition coefficient (Wildman–Crippen LogP) is 4.02. The Morgan fingerprint density at radius 2 is 1.73 bits per heavy atom. The quantitative estimate of drug-likeness (QED) is 0.814. The second-order valence-electron chi connectivity index (χ2n) is 7.10. The van der Waals surface area contributed by atoms with Crippen LogP contribution in [0.5, 0.6) is 0 Å². The van der Waals surface area contributed by atoms with E-state index in [2.05, 4.69) is 41.4 Å². The Morgan fingerprint density at radius 3 is 2.38 bits per heavy atom. The highest BCUT2D eigenvalue weighted by Gasteiger charge is 2.23. The van der Waals surface area contributed by atoms with Crippen molar-refractivity contribution in [2.24, 2.45) is 0 Å². The summed E-state index contributed by atoms with van der Waals surface area (Å²) < 4.78 is 13.2. The molecular weight excluding hydrogens is 327 g/mol. The van der Waals surface area contributed by atoms with Crippen molar-refractivity contribution >= 4 is 5.91 Å². The highest BCUT2D eigenvalue weighted by atomic mass is 19.1. The second kappa shape index (κ2) is 8.95. The van der Waals surface area contributed by atoms with Crippen LogP contribution in [0.15, 0.2) is 48.5 Å². The zero-order valence-corrected chi connectivity index (χ0v) is 15.4. The van der Waals surface area contributed by atoms with Gasteiger partial charge in [-0.15, -0.1) is 0 Å². The third kappa shape index (κ3) is 5.15. The van der Waals surface area contributed by atoms with Gasteiger partial charge in [0.15, 0.2) is 0 Å². The lowest BCUT2D eigenvalue weighted by Gasteiger charge is -2.28. The van der Waals surface area contributed by atoms with E-state index in [1.165, 1.54) is 36.1 Å². The minimum atomic E-state index is -0.226. The highest BCUT2D eigenvalue weighted by molar-refractivity contribution is 5.76. The summed E-state index contributed by atoms with van der Waals surface area (Å²) in [5, 5.41) is 3.08. The Morgan fingerprint density at radius 1 is 1.08 bits per heavy atom. The Kier molecular flexibility index (Phi) is 6.40. The monoisotopic (exact) mass is 354 g/mol. The number of nitrogens with zero attached hydrogens (tertiary/aromatic N) is 1. The predicted molar refractivity (Wildman–Crippen MR) is 102 cm³/mol. The molecule has 4 heteroatoms. The van der Waals surface area contributed by atoms with Gasteiger partial charge in [-0.05, 0) is 62.5 Å². The van der Waals surface area contributed by atoms with Crippen LogP contribution in [0.25, 0.3) is 0 Å². The minimum absolute atomic E-state index is 0.0666. The molecule has 2 aromatic carbocycles. The fraction of sp³-hybridized carbons (Fsp3) is 0.409. The molecule has 138 valence electrons. The Bertz CT molecular complexity index is 706. The molecule has 0 bridgehead atoms. The van der Waals surface area contributed by atoms with Crippen molar-refractivity contribution in [1.82, 2.24) is 10.2 Å². The Hall–Kier alpha value is -2.20. The van der Waals surface area contributed by atoms with E-state index in [0.29, 0.717) is 13.0 Å². The summed E-state index contributed by atoms with van der Waals surface area (Å²) in [4.78, 5) is 14.7. The number of likely N-dealkylation sites (tertiary alicyclic amines) is 1. The lowest BCUT2D eigenvalue weighted by molar-refractivity contribution is -0.121. The first-order valence-corrected chi connectivity index (χ1v) is 9.43. The molecule has 1 N–H and O–H groups in total. The van der Waals surface area contributed by atoms with Gasteiger partial charge in [-0.1, -0.05) is 42.0 Å². The SMILES string of the molecule is Cc1ccc(CCC(=O)NCC(c2ccc(F)cc2)N2CCCC2)cc1. The van der Waals surface area contributed by atoms with Gasteiger partial charge in [0.2, 0.25) is 5.91 Å². The normalized spacial score (nSPS) is 15.8. The summed E-state index contributed by atoms with van der Waals surface area (Å²) in [5.74, 6) is -0.159. The molecular formula is C22H27FN2O. The molecule has 2 aromatic rings. The van der Waals surface area contributed by atoms with Crippen LogP contribution in [0.1, 0.15) is 42.0 Å². The summed E-state index contributed by atoms with van der Waals surface area (Å²) in [6, 6.07) is 15.1. The van der Waals surface area contributed by atoms with Crippen LogP contribution in [0.3, 0.4) is 0 Å². The first-order chi connectivity index (χ1) is 12.6. The van der Waals surface area contributed by atoms with Gasteiger partial charge in [-0.3, -0.25) is 9.69 Å². The van der Waals surface area contributed by atoms with E-state index in [0.717, 1.165) is 25.1 Å². The van der Waals surface area contributed by atoms with Gasteiger partial charge in [-0.2, -0.15) is 0 Å². The van der Waals surface area contributed by atoms with E-state index in [4.69, 9.17) is 0 Å². The van der Waals surface area contributed by atoms with E-state index >= 15 is 0 Å². The topological polar surface area (TPSA) is 32.3 Å². The van der Waals surface area contributed by atoms with Crippen molar-refractivity contribution in [3.8, 4) is 0 Å². The van der Waals surface area contributed by atoms with Crippen LogP contribution in [0.2, 0.25) is 0 Å². The third-order valence-electron chi connectivity index (χ3n) is 5.09. The van der Waals surface area contributed by atoms with Gasteiger partial charge in [-0.25, -0.2) is 4.39 Å². The fourth-order valence-corrected chi connectivity index (χ4v) is 3.51. The van der Waals surface area contributed by atoms with Crippen molar-refractivity contribution in [1.29, 1.82) is 0 Å². The van der Waals surface area contributed by atoms with Crippen molar-refractivity contribution in [3.05, 3.63) is 71.0 Å². The number of benzene rings is 2. The molecule has 0 saturated carbocycles. The van der Waals surface area contributed by atoms with Crippen LogP contribution >= 0.6 is 0 Å². The van der Waals surface area contributed by atoms with E-state index in [1.54, 1.807) is 0 Å². The molecule has 1 fully saturated rings. The van der Waals surface area contributed by atoms with Crippen LogP contribution in [0.4, 0.5) is 4.39 Å². The maximum absolute atomic E-state index is 13.2. The first-order valence-electron chi connectivity index (χ1n) is 9.43. The van der Waals surface area contributed by atoms with Crippen molar-refractivity contribution < 1.29 is 9.18 Å². The maximum atomic E-state index is 13.2. The zero-order chi connectivity index (χ0) is 18.4. The summed E-state index contributed by atoms with van der Waals surface area (Å²) >= 11 is 0. The van der Waals surface area contributed by atoms with E-state index in [9.17, 15) is 9.18 Å². The van der Waals surface area contributed by atoms with Gasteiger partial charge in [0.05, 0.1) is 6.04 Å². The number of hydrogen-bond donors (Lipinski definition) is 1. The molecule has 1 unspecified atom stereocenters. The van der Waals surface area contributed by atoms with Gasteiger partial charge in [0.1, 0.15) is 5.82 Å². The first kappa shape index (κ1) is 18.6. The summed E-state index contributed by atoms with van der Waals surface area (Å²) in [5.41, 5.74) is 3.47. The van der Waals surface area contributed by atoms with Crippen LogP contribution in [0, 0.1) is 12.7 Å². The lowest BCUT2D eigenvalue weighted by atomic mass is 10.0. The van der Waals surface area contributed by atoms with E-state index < -0.39 is 0 Å². The Balaban J connectivity index is 1.55. The average molecular weight is 354 g/mol. The molecule has 3 nitrogen and oxygen atoms in total. The number of carbonyl (C=O) groups is 1. The molecule has 1 atom stereocenters. The molecule has 1 heterocycles. The molecule has 3 rings (SSSR count). The van der Waals surface area contributed by atoms with Crippen molar-refractivity contribution in [2.75, 3.05) is 19.6 Å². The van der Waals surface area contributed by atoms with Crippen LogP contribution in [-0.2, 0) is 11.2 Å².